The lowest BCUT2D eigenvalue weighted by Crippen LogP contribution is -2.17. The predicted octanol–water partition coefficient (Wildman–Crippen LogP) is 2.33. The smallest absolute Gasteiger partial charge is 0.271 e. The first-order valence-corrected chi connectivity index (χ1v) is 6.14. The Labute approximate surface area is 115 Å². The van der Waals surface area contributed by atoms with Crippen molar-refractivity contribution < 1.29 is 4.79 Å². The lowest BCUT2D eigenvalue weighted by atomic mass is 10.2. The summed E-state index contributed by atoms with van der Waals surface area (Å²) in [6.07, 6.45) is 4.71. The maximum absolute atomic E-state index is 11.7. The van der Waals surface area contributed by atoms with Gasteiger partial charge in [-0.3, -0.25) is 9.78 Å². The standard InChI is InChI=1S/C15H12N4O/c20-15(11-5-7-16-8-6-11)19-17-10-13-9-12-3-1-2-4-14(12)18-13/h1-10,18H,(H,19,20)/b17-10-. The van der Waals surface area contributed by atoms with Gasteiger partial charge in [-0.2, -0.15) is 5.10 Å². The molecule has 5 nitrogen and oxygen atoms in total. The minimum atomic E-state index is -0.264. The highest BCUT2D eigenvalue weighted by Gasteiger charge is 2.02. The van der Waals surface area contributed by atoms with Crippen LogP contribution in [0.25, 0.3) is 10.9 Å². The van der Waals surface area contributed by atoms with E-state index in [0.717, 1.165) is 16.6 Å². The van der Waals surface area contributed by atoms with Crippen LogP contribution >= 0.6 is 0 Å². The van der Waals surface area contributed by atoms with E-state index in [-0.39, 0.29) is 5.91 Å². The van der Waals surface area contributed by atoms with E-state index in [0.29, 0.717) is 5.56 Å². The van der Waals surface area contributed by atoms with Crippen LogP contribution in [0, 0.1) is 0 Å². The van der Waals surface area contributed by atoms with E-state index < -0.39 is 0 Å². The number of carbonyl (C=O) groups is 1. The zero-order valence-corrected chi connectivity index (χ0v) is 10.6. The molecule has 1 aromatic carbocycles. The lowest BCUT2D eigenvalue weighted by molar-refractivity contribution is 0.0955. The maximum Gasteiger partial charge on any atom is 0.271 e. The molecule has 5 heteroatoms. The van der Waals surface area contributed by atoms with Gasteiger partial charge in [-0.05, 0) is 24.3 Å². The van der Waals surface area contributed by atoms with Gasteiger partial charge in [0.15, 0.2) is 0 Å². The van der Waals surface area contributed by atoms with Crippen molar-refractivity contribution >= 4 is 23.0 Å². The second-order valence-corrected chi connectivity index (χ2v) is 4.25. The van der Waals surface area contributed by atoms with Gasteiger partial charge in [0, 0.05) is 28.9 Å². The summed E-state index contributed by atoms with van der Waals surface area (Å²) in [6, 6.07) is 13.2. The Morgan fingerprint density at radius 2 is 2.00 bits per heavy atom. The molecule has 0 atom stereocenters. The van der Waals surface area contributed by atoms with Crippen LogP contribution in [-0.4, -0.2) is 22.1 Å². The van der Waals surface area contributed by atoms with Crippen LogP contribution in [-0.2, 0) is 0 Å². The zero-order valence-electron chi connectivity index (χ0n) is 10.6. The van der Waals surface area contributed by atoms with E-state index in [9.17, 15) is 4.79 Å². The fraction of sp³-hybridized carbons (Fsp3) is 0. The SMILES string of the molecule is O=C(N/N=C\c1cc2ccccc2[nH]1)c1ccncc1. The first-order chi connectivity index (χ1) is 9.83. The molecule has 0 unspecified atom stereocenters. The number of hydrogen-bond donors (Lipinski definition) is 2. The predicted molar refractivity (Wildman–Crippen MR) is 77.6 cm³/mol. The number of hydrogen-bond acceptors (Lipinski definition) is 3. The minimum absolute atomic E-state index is 0.264. The van der Waals surface area contributed by atoms with Crippen LogP contribution in [0.2, 0.25) is 0 Å². The third kappa shape index (κ3) is 2.56. The largest absolute Gasteiger partial charge is 0.354 e. The number of fused-ring (bicyclic) bond motifs is 1. The normalized spacial score (nSPS) is 11.0. The van der Waals surface area contributed by atoms with Gasteiger partial charge in [-0.1, -0.05) is 18.2 Å². The highest BCUT2D eigenvalue weighted by molar-refractivity contribution is 5.95. The first kappa shape index (κ1) is 12.1. The third-order valence-corrected chi connectivity index (χ3v) is 2.86. The van der Waals surface area contributed by atoms with Crippen molar-refractivity contribution in [3.63, 3.8) is 0 Å². The van der Waals surface area contributed by atoms with Gasteiger partial charge in [0.05, 0.1) is 11.9 Å². The van der Waals surface area contributed by atoms with Crippen LogP contribution < -0.4 is 5.43 Å². The van der Waals surface area contributed by atoms with Crippen LogP contribution in [0.4, 0.5) is 0 Å². The molecule has 0 saturated carbocycles. The van der Waals surface area contributed by atoms with E-state index in [2.05, 4.69) is 20.5 Å². The Kier molecular flexibility index (Phi) is 3.24. The maximum atomic E-state index is 11.7. The number of carbonyl (C=O) groups excluding carboxylic acids is 1. The van der Waals surface area contributed by atoms with Crippen LogP contribution in [0.15, 0.2) is 60.0 Å². The second kappa shape index (κ2) is 5.36. The van der Waals surface area contributed by atoms with E-state index in [1.165, 1.54) is 0 Å². The number of H-pyrrole nitrogens is 1. The summed E-state index contributed by atoms with van der Waals surface area (Å²) in [5.74, 6) is -0.264. The molecular weight excluding hydrogens is 252 g/mol. The summed E-state index contributed by atoms with van der Waals surface area (Å²) < 4.78 is 0. The zero-order chi connectivity index (χ0) is 13.8. The van der Waals surface area contributed by atoms with Crippen LogP contribution in [0.5, 0.6) is 0 Å². The molecule has 2 N–H and O–H groups in total. The van der Waals surface area contributed by atoms with Gasteiger partial charge in [-0.25, -0.2) is 5.43 Å². The molecule has 2 aromatic heterocycles. The average molecular weight is 264 g/mol. The topological polar surface area (TPSA) is 70.1 Å². The number of aromatic amines is 1. The number of para-hydroxylation sites is 1. The number of amides is 1. The fourth-order valence-corrected chi connectivity index (χ4v) is 1.89. The van der Waals surface area contributed by atoms with Crippen molar-refractivity contribution in [2.75, 3.05) is 0 Å². The Hall–Kier alpha value is -2.95. The van der Waals surface area contributed by atoms with Crippen molar-refractivity contribution in [1.29, 1.82) is 0 Å². The molecule has 1 amide bonds. The minimum Gasteiger partial charge on any atom is -0.354 e. The van der Waals surface area contributed by atoms with E-state index in [1.54, 1.807) is 30.7 Å². The summed E-state index contributed by atoms with van der Waals surface area (Å²) >= 11 is 0. The molecule has 0 aliphatic rings. The van der Waals surface area contributed by atoms with Gasteiger partial charge in [0.1, 0.15) is 0 Å². The summed E-state index contributed by atoms with van der Waals surface area (Å²) in [4.78, 5) is 18.8. The van der Waals surface area contributed by atoms with Gasteiger partial charge in [0.2, 0.25) is 0 Å². The lowest BCUT2D eigenvalue weighted by Gasteiger charge is -1.97. The quantitative estimate of drug-likeness (QED) is 0.563. The number of benzene rings is 1. The van der Waals surface area contributed by atoms with Gasteiger partial charge in [0.25, 0.3) is 5.91 Å². The third-order valence-electron chi connectivity index (χ3n) is 2.86. The molecule has 0 fully saturated rings. The molecule has 0 saturated heterocycles. The number of nitrogens with one attached hydrogen (secondary N) is 2. The number of rotatable bonds is 3. The van der Waals surface area contributed by atoms with Crippen molar-refractivity contribution in [2.45, 2.75) is 0 Å². The first-order valence-electron chi connectivity index (χ1n) is 6.14. The van der Waals surface area contributed by atoms with Crippen molar-refractivity contribution in [2.24, 2.45) is 5.10 Å². The van der Waals surface area contributed by atoms with Crippen molar-refractivity contribution in [3.8, 4) is 0 Å². The second-order valence-electron chi connectivity index (χ2n) is 4.25. The van der Waals surface area contributed by atoms with Gasteiger partial charge >= 0.3 is 0 Å². The van der Waals surface area contributed by atoms with E-state index in [1.807, 2.05) is 30.3 Å². The Morgan fingerprint density at radius 3 is 2.80 bits per heavy atom. The van der Waals surface area contributed by atoms with Crippen molar-refractivity contribution in [1.82, 2.24) is 15.4 Å². The molecular formula is C15H12N4O. The molecule has 0 aliphatic heterocycles. The molecule has 0 radical (unpaired) electrons. The number of nitrogens with zero attached hydrogens (tertiary/aromatic N) is 2. The molecule has 2 heterocycles. The Balaban J connectivity index is 1.70. The Bertz CT molecular complexity index is 729. The summed E-state index contributed by atoms with van der Waals surface area (Å²) in [6.45, 7) is 0. The molecule has 3 aromatic rings. The van der Waals surface area contributed by atoms with Crippen molar-refractivity contribution in [3.05, 3.63) is 66.1 Å². The molecule has 98 valence electrons. The monoisotopic (exact) mass is 264 g/mol. The van der Waals surface area contributed by atoms with E-state index >= 15 is 0 Å². The number of aromatic nitrogens is 2. The summed E-state index contributed by atoms with van der Waals surface area (Å²) in [5.41, 5.74) is 4.87. The molecule has 0 bridgehead atoms. The summed E-state index contributed by atoms with van der Waals surface area (Å²) in [7, 11) is 0. The number of pyridine rings is 1. The highest BCUT2D eigenvalue weighted by atomic mass is 16.2. The molecule has 0 spiro atoms. The molecule has 0 aliphatic carbocycles. The molecule has 3 rings (SSSR count). The summed E-state index contributed by atoms with van der Waals surface area (Å²) in [5, 5.41) is 5.04. The fourth-order valence-electron chi connectivity index (χ4n) is 1.89. The Morgan fingerprint density at radius 1 is 1.20 bits per heavy atom. The van der Waals surface area contributed by atoms with Gasteiger partial charge in [-0.15, -0.1) is 0 Å². The van der Waals surface area contributed by atoms with Gasteiger partial charge < -0.3 is 4.98 Å². The highest BCUT2D eigenvalue weighted by Crippen LogP contribution is 2.13. The average Bonchev–Trinajstić information content (AvgIpc) is 2.90. The van der Waals surface area contributed by atoms with Crippen LogP contribution in [0.3, 0.4) is 0 Å². The van der Waals surface area contributed by atoms with Crippen LogP contribution in [0.1, 0.15) is 16.1 Å². The van der Waals surface area contributed by atoms with E-state index in [4.69, 9.17) is 0 Å². The number of hydrazone groups is 1. The molecule has 20 heavy (non-hydrogen) atoms.